The van der Waals surface area contributed by atoms with Gasteiger partial charge < -0.3 is 15.2 Å². The minimum Gasteiger partial charge on any atom is -0.398 e. The Kier molecular flexibility index (Phi) is 6.89. The summed E-state index contributed by atoms with van der Waals surface area (Å²) in [4.78, 5) is -0.00550. The van der Waals surface area contributed by atoms with Crippen LogP contribution in [0.15, 0.2) is 23.1 Å². The van der Waals surface area contributed by atoms with Gasteiger partial charge in [0.15, 0.2) is 0 Å². The number of methoxy groups -OCH3 is 2. The van der Waals surface area contributed by atoms with E-state index in [-0.39, 0.29) is 36.4 Å². The lowest BCUT2D eigenvalue weighted by molar-refractivity contribution is 0.119. The third-order valence-electron chi connectivity index (χ3n) is 2.98. The summed E-state index contributed by atoms with van der Waals surface area (Å²) in [5.74, 6) is 0. The first-order chi connectivity index (χ1) is 9.84. The van der Waals surface area contributed by atoms with Gasteiger partial charge in [-0.15, -0.1) is 0 Å². The molecule has 6 nitrogen and oxygen atoms in total. The van der Waals surface area contributed by atoms with Gasteiger partial charge in [-0.05, 0) is 25.1 Å². The van der Waals surface area contributed by atoms with E-state index in [0.717, 1.165) is 0 Å². The molecule has 21 heavy (non-hydrogen) atoms. The number of hydrogen-bond acceptors (Lipinski definition) is 5. The Balaban J connectivity index is 3.22. The van der Waals surface area contributed by atoms with E-state index in [1.807, 2.05) is 0 Å². The number of nitrogens with zero attached hydrogens (tertiary/aromatic N) is 1. The second-order valence-electron chi connectivity index (χ2n) is 4.60. The number of sulfonamides is 1. The van der Waals surface area contributed by atoms with Crippen LogP contribution in [-0.2, 0) is 19.5 Å². The first-order valence-corrected chi connectivity index (χ1v) is 8.21. The van der Waals surface area contributed by atoms with Crippen LogP contribution in [0.5, 0.6) is 0 Å². The molecule has 0 amide bonds. The maximum atomic E-state index is 12.8. The van der Waals surface area contributed by atoms with Crippen molar-refractivity contribution >= 4 is 27.3 Å². The second kappa shape index (κ2) is 7.95. The number of benzene rings is 1. The van der Waals surface area contributed by atoms with Gasteiger partial charge in [-0.25, -0.2) is 8.42 Å². The zero-order valence-electron chi connectivity index (χ0n) is 12.4. The van der Waals surface area contributed by atoms with Gasteiger partial charge in [0.1, 0.15) is 4.90 Å². The molecule has 0 heterocycles. The van der Waals surface area contributed by atoms with Crippen LogP contribution in [0.4, 0.5) is 5.69 Å². The van der Waals surface area contributed by atoms with E-state index in [9.17, 15) is 8.42 Å². The number of nitrogen functional groups attached to an aromatic ring is 1. The van der Waals surface area contributed by atoms with Crippen LogP contribution in [0.2, 0.25) is 5.02 Å². The average Bonchev–Trinajstić information content (AvgIpc) is 2.42. The fourth-order valence-corrected chi connectivity index (χ4v) is 3.92. The Labute approximate surface area is 130 Å². The van der Waals surface area contributed by atoms with E-state index in [0.29, 0.717) is 5.02 Å². The minimum atomic E-state index is -3.78. The lowest BCUT2D eigenvalue weighted by Gasteiger charge is -2.28. The first kappa shape index (κ1) is 18.2. The average molecular weight is 337 g/mol. The normalized spacial score (nSPS) is 13.6. The first-order valence-electron chi connectivity index (χ1n) is 6.39. The number of rotatable bonds is 8. The molecule has 1 aromatic rings. The summed E-state index contributed by atoms with van der Waals surface area (Å²) >= 11 is 5.88. The summed E-state index contributed by atoms with van der Waals surface area (Å²) in [6, 6.07) is 4.03. The highest BCUT2D eigenvalue weighted by molar-refractivity contribution is 7.89. The number of hydrogen-bond donors (Lipinski definition) is 1. The smallest absolute Gasteiger partial charge is 0.245 e. The molecule has 1 aromatic carbocycles. The molecule has 0 aliphatic heterocycles. The highest BCUT2D eigenvalue weighted by Crippen LogP contribution is 2.27. The van der Waals surface area contributed by atoms with Crippen molar-refractivity contribution in [3.05, 3.63) is 23.2 Å². The van der Waals surface area contributed by atoms with Gasteiger partial charge >= 0.3 is 0 Å². The van der Waals surface area contributed by atoms with Crippen LogP contribution >= 0.6 is 11.6 Å². The molecule has 0 radical (unpaired) electrons. The van der Waals surface area contributed by atoms with Crippen LogP contribution in [-0.4, -0.2) is 52.7 Å². The van der Waals surface area contributed by atoms with Crippen molar-refractivity contribution in [2.24, 2.45) is 0 Å². The van der Waals surface area contributed by atoms with Crippen LogP contribution in [0, 0.1) is 0 Å². The Bertz CT molecular complexity index is 565. The molecule has 0 bridgehead atoms. The van der Waals surface area contributed by atoms with Crippen LogP contribution < -0.4 is 5.73 Å². The van der Waals surface area contributed by atoms with Gasteiger partial charge in [0.2, 0.25) is 10.0 Å². The predicted molar refractivity (Wildman–Crippen MR) is 83.0 cm³/mol. The summed E-state index contributed by atoms with van der Waals surface area (Å²) in [7, 11) is -0.751. The molecule has 0 aromatic heterocycles. The molecule has 120 valence electrons. The van der Waals surface area contributed by atoms with E-state index in [1.54, 1.807) is 13.0 Å². The Morgan fingerprint density at radius 1 is 1.33 bits per heavy atom. The highest BCUT2D eigenvalue weighted by Gasteiger charge is 2.30. The maximum Gasteiger partial charge on any atom is 0.245 e. The van der Waals surface area contributed by atoms with Gasteiger partial charge in [-0.3, -0.25) is 0 Å². The molecule has 1 rings (SSSR count). The molecule has 1 unspecified atom stereocenters. The molecule has 8 heteroatoms. The van der Waals surface area contributed by atoms with Gasteiger partial charge in [0, 0.05) is 31.8 Å². The number of nitrogens with two attached hydrogens (primary N) is 1. The summed E-state index contributed by atoms with van der Waals surface area (Å²) in [5.41, 5.74) is 5.95. The fraction of sp³-hybridized carbons (Fsp3) is 0.538. The number of anilines is 1. The summed E-state index contributed by atoms with van der Waals surface area (Å²) < 4.78 is 36.9. The molecular weight excluding hydrogens is 316 g/mol. The van der Waals surface area contributed by atoms with E-state index < -0.39 is 10.0 Å². The second-order valence-corrected chi connectivity index (χ2v) is 6.89. The Morgan fingerprint density at radius 3 is 2.57 bits per heavy atom. The highest BCUT2D eigenvalue weighted by atomic mass is 35.5. The monoisotopic (exact) mass is 336 g/mol. The molecule has 2 N–H and O–H groups in total. The van der Waals surface area contributed by atoms with Crippen LogP contribution in [0.25, 0.3) is 0 Å². The molecule has 0 aliphatic carbocycles. The molecular formula is C13H21ClN2O4S. The van der Waals surface area contributed by atoms with Crippen molar-refractivity contribution < 1.29 is 17.9 Å². The lowest BCUT2D eigenvalue weighted by atomic mass is 10.3. The van der Waals surface area contributed by atoms with E-state index in [4.69, 9.17) is 26.8 Å². The largest absolute Gasteiger partial charge is 0.398 e. The molecule has 1 atom stereocenters. The SMILES string of the molecule is COCCN(C(C)COC)S(=O)(=O)c1cc(Cl)ccc1N. The summed E-state index contributed by atoms with van der Waals surface area (Å²) in [6.45, 7) is 2.50. The molecule has 0 spiro atoms. The standard InChI is InChI=1S/C13H21ClN2O4S/c1-10(9-20-3)16(6-7-19-2)21(17,18)13-8-11(14)4-5-12(13)15/h4-5,8,10H,6-7,9,15H2,1-3H3. The van der Waals surface area contributed by atoms with Crippen molar-refractivity contribution in [3.8, 4) is 0 Å². The van der Waals surface area contributed by atoms with Crippen molar-refractivity contribution in [1.82, 2.24) is 4.31 Å². The predicted octanol–water partition coefficient (Wildman–Crippen LogP) is 1.59. The number of ether oxygens (including phenoxy) is 2. The summed E-state index contributed by atoms with van der Waals surface area (Å²) in [6.07, 6.45) is 0. The Hall–Kier alpha value is -0.860. The third-order valence-corrected chi connectivity index (χ3v) is 5.28. The molecule has 0 aliphatic rings. The lowest BCUT2D eigenvalue weighted by Crippen LogP contribution is -2.43. The van der Waals surface area contributed by atoms with Crippen LogP contribution in [0.3, 0.4) is 0 Å². The molecule has 0 saturated heterocycles. The number of halogens is 1. The van der Waals surface area contributed by atoms with Crippen molar-refractivity contribution in [1.29, 1.82) is 0 Å². The molecule has 0 fully saturated rings. The van der Waals surface area contributed by atoms with E-state index in [1.165, 1.54) is 30.7 Å². The van der Waals surface area contributed by atoms with Gasteiger partial charge in [0.05, 0.1) is 18.9 Å². The van der Waals surface area contributed by atoms with Crippen LogP contribution in [0.1, 0.15) is 6.92 Å². The third kappa shape index (κ3) is 4.55. The van der Waals surface area contributed by atoms with Crippen molar-refractivity contribution in [2.45, 2.75) is 17.9 Å². The molecule has 0 saturated carbocycles. The zero-order chi connectivity index (χ0) is 16.0. The zero-order valence-corrected chi connectivity index (χ0v) is 13.9. The topological polar surface area (TPSA) is 81.9 Å². The maximum absolute atomic E-state index is 12.8. The minimum absolute atomic E-state index is 0.00550. The van der Waals surface area contributed by atoms with Crippen molar-refractivity contribution in [2.75, 3.05) is 39.7 Å². The quantitative estimate of drug-likeness (QED) is 0.729. The van der Waals surface area contributed by atoms with Gasteiger partial charge in [-0.2, -0.15) is 4.31 Å². The van der Waals surface area contributed by atoms with Gasteiger partial charge in [-0.1, -0.05) is 11.6 Å². The van der Waals surface area contributed by atoms with E-state index >= 15 is 0 Å². The van der Waals surface area contributed by atoms with E-state index in [2.05, 4.69) is 0 Å². The Morgan fingerprint density at radius 2 is 2.00 bits per heavy atom. The summed E-state index contributed by atoms with van der Waals surface area (Å²) in [5, 5.41) is 0.314. The van der Waals surface area contributed by atoms with Gasteiger partial charge in [0.25, 0.3) is 0 Å². The fourth-order valence-electron chi connectivity index (χ4n) is 1.94. The van der Waals surface area contributed by atoms with Crippen molar-refractivity contribution in [3.63, 3.8) is 0 Å².